The lowest BCUT2D eigenvalue weighted by Crippen LogP contribution is -2.45. The standard InChI is InChI=1S/C13H20N2O3/c1-10-4-6-14-12(5-7-16)13(17)15(10)9-11-3-2-8-18-11/h2-3,8,10,12,14,16H,4-7,9H2,1H3. The molecule has 1 amide bonds. The monoisotopic (exact) mass is 252 g/mol. The predicted octanol–water partition coefficient (Wildman–Crippen LogP) is 0.741. The first-order valence-electron chi connectivity index (χ1n) is 6.39. The smallest absolute Gasteiger partial charge is 0.240 e. The maximum atomic E-state index is 12.4. The van der Waals surface area contributed by atoms with Gasteiger partial charge in [-0.2, -0.15) is 0 Å². The van der Waals surface area contributed by atoms with Gasteiger partial charge in [0.15, 0.2) is 0 Å². The van der Waals surface area contributed by atoms with Gasteiger partial charge in [-0.15, -0.1) is 0 Å². The fourth-order valence-electron chi connectivity index (χ4n) is 2.29. The lowest BCUT2D eigenvalue weighted by atomic mass is 10.1. The number of carbonyl (C=O) groups excluding carboxylic acids is 1. The minimum atomic E-state index is -0.282. The molecule has 2 heterocycles. The van der Waals surface area contributed by atoms with Crippen molar-refractivity contribution in [1.82, 2.24) is 10.2 Å². The van der Waals surface area contributed by atoms with E-state index in [1.807, 2.05) is 24.0 Å². The normalized spacial score (nSPS) is 25.2. The summed E-state index contributed by atoms with van der Waals surface area (Å²) in [7, 11) is 0. The number of hydrogen-bond donors (Lipinski definition) is 2. The topological polar surface area (TPSA) is 65.7 Å². The summed E-state index contributed by atoms with van der Waals surface area (Å²) in [5.74, 6) is 0.838. The Morgan fingerprint density at radius 1 is 1.61 bits per heavy atom. The zero-order chi connectivity index (χ0) is 13.0. The number of furan rings is 1. The Kier molecular flexibility index (Phi) is 4.38. The van der Waals surface area contributed by atoms with Crippen LogP contribution in [0.15, 0.2) is 22.8 Å². The molecule has 0 spiro atoms. The van der Waals surface area contributed by atoms with Crippen molar-refractivity contribution >= 4 is 5.91 Å². The van der Waals surface area contributed by atoms with E-state index in [2.05, 4.69) is 5.32 Å². The van der Waals surface area contributed by atoms with Crippen molar-refractivity contribution in [2.75, 3.05) is 13.2 Å². The average molecular weight is 252 g/mol. The highest BCUT2D eigenvalue weighted by Crippen LogP contribution is 2.16. The van der Waals surface area contributed by atoms with Crippen LogP contribution in [-0.2, 0) is 11.3 Å². The van der Waals surface area contributed by atoms with Gasteiger partial charge in [0.1, 0.15) is 5.76 Å². The van der Waals surface area contributed by atoms with Crippen LogP contribution < -0.4 is 5.32 Å². The number of carbonyl (C=O) groups is 1. The fourth-order valence-corrected chi connectivity index (χ4v) is 2.29. The quantitative estimate of drug-likeness (QED) is 0.829. The van der Waals surface area contributed by atoms with E-state index in [4.69, 9.17) is 9.52 Å². The van der Waals surface area contributed by atoms with Crippen LogP contribution in [0.1, 0.15) is 25.5 Å². The summed E-state index contributed by atoms with van der Waals surface area (Å²) in [4.78, 5) is 14.2. The molecule has 100 valence electrons. The van der Waals surface area contributed by atoms with Crippen molar-refractivity contribution in [2.45, 2.75) is 38.4 Å². The van der Waals surface area contributed by atoms with Crippen molar-refractivity contribution in [1.29, 1.82) is 0 Å². The molecule has 1 aromatic heterocycles. The molecule has 0 saturated carbocycles. The molecule has 1 aromatic rings. The van der Waals surface area contributed by atoms with Gasteiger partial charge >= 0.3 is 0 Å². The number of hydrogen-bond acceptors (Lipinski definition) is 4. The molecule has 5 nitrogen and oxygen atoms in total. The van der Waals surface area contributed by atoms with Gasteiger partial charge < -0.3 is 19.7 Å². The molecular formula is C13H20N2O3. The van der Waals surface area contributed by atoms with E-state index in [9.17, 15) is 4.79 Å². The number of aliphatic hydroxyl groups excluding tert-OH is 1. The van der Waals surface area contributed by atoms with Gasteiger partial charge in [-0.3, -0.25) is 4.79 Å². The van der Waals surface area contributed by atoms with Crippen LogP contribution in [0.4, 0.5) is 0 Å². The first-order chi connectivity index (χ1) is 8.72. The van der Waals surface area contributed by atoms with Crippen LogP contribution in [0.25, 0.3) is 0 Å². The molecule has 1 aliphatic rings. The van der Waals surface area contributed by atoms with Crippen LogP contribution in [0.3, 0.4) is 0 Å². The molecule has 2 rings (SSSR count). The summed E-state index contributed by atoms with van der Waals surface area (Å²) in [6, 6.07) is 3.60. The van der Waals surface area contributed by atoms with Crippen LogP contribution in [0.2, 0.25) is 0 Å². The van der Waals surface area contributed by atoms with Crippen molar-refractivity contribution in [3.05, 3.63) is 24.2 Å². The lowest BCUT2D eigenvalue weighted by molar-refractivity contribution is -0.135. The van der Waals surface area contributed by atoms with Crippen molar-refractivity contribution in [2.24, 2.45) is 0 Å². The van der Waals surface area contributed by atoms with E-state index in [-0.39, 0.29) is 24.6 Å². The third kappa shape index (κ3) is 2.91. The fraction of sp³-hybridized carbons (Fsp3) is 0.615. The van der Waals surface area contributed by atoms with Crippen LogP contribution in [0, 0.1) is 0 Å². The second kappa shape index (κ2) is 6.02. The van der Waals surface area contributed by atoms with Crippen molar-refractivity contribution in [3.63, 3.8) is 0 Å². The molecule has 1 aliphatic heterocycles. The molecular weight excluding hydrogens is 232 g/mol. The maximum absolute atomic E-state index is 12.4. The van der Waals surface area contributed by atoms with Gasteiger partial charge in [-0.25, -0.2) is 0 Å². The van der Waals surface area contributed by atoms with E-state index >= 15 is 0 Å². The Hall–Kier alpha value is -1.33. The highest BCUT2D eigenvalue weighted by atomic mass is 16.3. The summed E-state index contributed by atoms with van der Waals surface area (Å²) in [6.45, 7) is 3.36. The molecule has 0 aliphatic carbocycles. The summed E-state index contributed by atoms with van der Waals surface area (Å²) in [6.07, 6.45) is 2.99. The molecule has 2 N–H and O–H groups in total. The average Bonchev–Trinajstić information content (AvgIpc) is 2.82. The Labute approximate surface area is 107 Å². The molecule has 2 unspecified atom stereocenters. The van der Waals surface area contributed by atoms with E-state index in [1.54, 1.807) is 6.26 Å². The van der Waals surface area contributed by atoms with Gasteiger partial charge in [0.2, 0.25) is 5.91 Å². The molecule has 1 saturated heterocycles. The SMILES string of the molecule is CC1CCNC(CCO)C(=O)N1Cc1ccco1. The number of nitrogens with zero attached hydrogens (tertiary/aromatic N) is 1. The van der Waals surface area contributed by atoms with Crippen molar-refractivity contribution in [3.8, 4) is 0 Å². The third-order valence-corrected chi connectivity index (χ3v) is 3.39. The molecule has 1 fully saturated rings. The number of amides is 1. The highest BCUT2D eigenvalue weighted by molar-refractivity contribution is 5.82. The minimum absolute atomic E-state index is 0.0202. The van der Waals surface area contributed by atoms with E-state index in [1.165, 1.54) is 0 Å². The van der Waals surface area contributed by atoms with Crippen molar-refractivity contribution < 1.29 is 14.3 Å². The van der Waals surface area contributed by atoms with Crippen LogP contribution in [-0.4, -0.2) is 41.1 Å². The molecule has 0 radical (unpaired) electrons. The number of aliphatic hydroxyl groups is 1. The Bertz CT molecular complexity index is 378. The Balaban J connectivity index is 2.10. The van der Waals surface area contributed by atoms with Crippen LogP contribution >= 0.6 is 0 Å². The molecule has 0 aromatic carbocycles. The molecule has 0 bridgehead atoms. The molecule has 5 heteroatoms. The Morgan fingerprint density at radius 3 is 3.11 bits per heavy atom. The van der Waals surface area contributed by atoms with Gasteiger partial charge in [0, 0.05) is 12.6 Å². The van der Waals surface area contributed by atoms with E-state index in [0.29, 0.717) is 13.0 Å². The molecule has 18 heavy (non-hydrogen) atoms. The first-order valence-corrected chi connectivity index (χ1v) is 6.39. The largest absolute Gasteiger partial charge is 0.467 e. The van der Waals surface area contributed by atoms with Gasteiger partial charge in [-0.1, -0.05) is 0 Å². The molecule has 2 atom stereocenters. The van der Waals surface area contributed by atoms with Gasteiger partial charge in [0.05, 0.1) is 18.8 Å². The second-order valence-corrected chi connectivity index (χ2v) is 4.70. The van der Waals surface area contributed by atoms with Gasteiger partial charge in [-0.05, 0) is 38.4 Å². The summed E-state index contributed by atoms with van der Waals surface area (Å²) < 4.78 is 5.31. The van der Waals surface area contributed by atoms with E-state index < -0.39 is 0 Å². The summed E-state index contributed by atoms with van der Waals surface area (Å²) in [5.41, 5.74) is 0. The number of nitrogens with one attached hydrogen (secondary N) is 1. The first kappa shape index (κ1) is 13.1. The minimum Gasteiger partial charge on any atom is -0.467 e. The number of rotatable bonds is 4. The van der Waals surface area contributed by atoms with E-state index in [0.717, 1.165) is 18.7 Å². The summed E-state index contributed by atoms with van der Waals surface area (Å²) in [5, 5.41) is 12.2. The maximum Gasteiger partial charge on any atom is 0.240 e. The zero-order valence-corrected chi connectivity index (χ0v) is 10.6. The van der Waals surface area contributed by atoms with Crippen LogP contribution in [0.5, 0.6) is 0 Å². The Morgan fingerprint density at radius 2 is 2.44 bits per heavy atom. The highest BCUT2D eigenvalue weighted by Gasteiger charge is 2.30. The second-order valence-electron chi connectivity index (χ2n) is 4.70. The lowest BCUT2D eigenvalue weighted by Gasteiger charge is -2.28. The zero-order valence-electron chi connectivity index (χ0n) is 10.6. The summed E-state index contributed by atoms with van der Waals surface area (Å²) >= 11 is 0. The van der Waals surface area contributed by atoms with Gasteiger partial charge in [0.25, 0.3) is 0 Å². The predicted molar refractivity (Wildman–Crippen MR) is 66.8 cm³/mol. The third-order valence-electron chi connectivity index (χ3n) is 3.39.